The summed E-state index contributed by atoms with van der Waals surface area (Å²) in [7, 11) is -2.21. The molecule has 0 aliphatic rings. The van der Waals surface area contributed by atoms with Crippen LogP contribution in [0.15, 0.2) is 71.2 Å². The molecule has 4 rings (SSSR count). The number of hydrogen-bond acceptors (Lipinski definition) is 5. The van der Waals surface area contributed by atoms with E-state index in [1.807, 2.05) is 31.2 Å². The molecule has 2 heterocycles. The fourth-order valence-electron chi connectivity index (χ4n) is 2.85. The number of fused-ring (bicyclic) bond motifs is 1. The van der Waals surface area contributed by atoms with Gasteiger partial charge < -0.3 is 9.87 Å². The molecular weight excluding hydrogens is 422 g/mol. The van der Waals surface area contributed by atoms with Crippen LogP contribution in [0.5, 0.6) is 0 Å². The molecule has 0 bridgehead atoms. The van der Waals surface area contributed by atoms with Crippen molar-refractivity contribution in [2.75, 3.05) is 5.32 Å². The molecule has 9 heteroatoms. The second kappa shape index (κ2) is 8.78. The zero-order valence-electron chi connectivity index (χ0n) is 16.7. The number of carbonyl (C=O) groups excluding carboxylic acids is 1. The predicted octanol–water partition coefficient (Wildman–Crippen LogP) is 3.35. The molecule has 0 radical (unpaired) electrons. The molecule has 0 saturated carbocycles. The maximum Gasteiger partial charge on any atom is 0.345 e. The monoisotopic (exact) mass is 443 g/mol. The van der Waals surface area contributed by atoms with Crippen molar-refractivity contribution in [3.05, 3.63) is 71.9 Å². The molecule has 0 spiro atoms. The Hall–Kier alpha value is -3.01. The summed E-state index contributed by atoms with van der Waals surface area (Å²) >= 11 is 1.71. The molecule has 7 nitrogen and oxygen atoms in total. The number of carbonyl (C=O) groups is 1. The van der Waals surface area contributed by atoms with E-state index in [0.29, 0.717) is 0 Å². The number of imidazole rings is 1. The molecule has 156 valence electrons. The van der Waals surface area contributed by atoms with Crippen molar-refractivity contribution in [2.45, 2.75) is 18.7 Å². The van der Waals surface area contributed by atoms with E-state index in [1.54, 1.807) is 23.5 Å². The first-order valence-electron chi connectivity index (χ1n) is 9.00. The van der Waals surface area contributed by atoms with Crippen LogP contribution in [0.3, 0.4) is 0 Å². The van der Waals surface area contributed by atoms with E-state index < -0.39 is 10.1 Å². The normalized spacial score (nSPS) is 11.1. The number of aryl methyl sites for hydroxylation is 2. The second-order valence-electron chi connectivity index (χ2n) is 6.69. The van der Waals surface area contributed by atoms with E-state index >= 15 is 0 Å². The minimum Gasteiger partial charge on any atom is -0.744 e. The number of rotatable bonds is 3. The Bertz CT molecular complexity index is 1270. The van der Waals surface area contributed by atoms with Gasteiger partial charge >= 0.3 is 4.96 Å². The summed E-state index contributed by atoms with van der Waals surface area (Å²) in [5.41, 5.74) is 4.03. The zero-order chi connectivity index (χ0) is 21.9. The summed E-state index contributed by atoms with van der Waals surface area (Å²) in [6, 6.07) is 13.7. The number of hydrogen-bond donors (Lipinski definition) is 1. The van der Waals surface area contributed by atoms with Crippen LogP contribution in [-0.2, 0) is 22.0 Å². The van der Waals surface area contributed by atoms with Gasteiger partial charge in [-0.25, -0.2) is 13.0 Å². The van der Waals surface area contributed by atoms with Crippen molar-refractivity contribution >= 4 is 38.0 Å². The molecule has 0 saturated heterocycles. The van der Waals surface area contributed by atoms with E-state index in [1.165, 1.54) is 24.0 Å². The topological polar surface area (TPSA) is 95.3 Å². The molecule has 30 heavy (non-hydrogen) atoms. The van der Waals surface area contributed by atoms with Crippen LogP contribution in [0.2, 0.25) is 0 Å². The number of nitrogens with one attached hydrogen (secondary N) is 1. The molecule has 0 atom stereocenters. The third kappa shape index (κ3) is 5.12. The van der Waals surface area contributed by atoms with Crippen molar-refractivity contribution in [2.24, 2.45) is 7.05 Å². The summed E-state index contributed by atoms with van der Waals surface area (Å²) in [5.74, 6) is -0.0531. The maximum atomic E-state index is 11.0. The zero-order valence-corrected chi connectivity index (χ0v) is 18.3. The molecule has 0 aliphatic carbocycles. The molecule has 0 unspecified atom stereocenters. The fraction of sp³-hybridized carbons (Fsp3) is 0.143. The van der Waals surface area contributed by atoms with Gasteiger partial charge in [0.15, 0.2) is 5.69 Å². The average Bonchev–Trinajstić information content (AvgIpc) is 3.25. The highest BCUT2D eigenvalue weighted by atomic mass is 32.2. The summed E-state index contributed by atoms with van der Waals surface area (Å²) in [6.07, 6.45) is 4.16. The van der Waals surface area contributed by atoms with E-state index in [4.69, 9.17) is 0 Å². The molecule has 1 amide bonds. The predicted molar refractivity (Wildman–Crippen MR) is 115 cm³/mol. The lowest BCUT2D eigenvalue weighted by Gasteiger charge is -2.05. The Morgan fingerprint density at radius 3 is 2.27 bits per heavy atom. The van der Waals surface area contributed by atoms with Gasteiger partial charge in [-0.1, -0.05) is 29.0 Å². The lowest BCUT2D eigenvalue weighted by atomic mass is 10.1. The standard InChI is InChI=1S/C14H13N3OS.C7H8O3S/c1-10(18)15-12-5-3-11(4-6-12)13-9-17-7-8-19-14(17)16(13)2;1-6-2-4-7(5-3-6)11(8,9)10/h3-9H,1-2H3;2-5H,1H3,(H,8,9,10). The molecule has 2 aromatic heterocycles. The van der Waals surface area contributed by atoms with Crippen LogP contribution < -0.4 is 9.72 Å². The number of anilines is 1. The van der Waals surface area contributed by atoms with Gasteiger partial charge in [0.05, 0.1) is 11.9 Å². The first-order valence-corrected chi connectivity index (χ1v) is 11.3. The first kappa shape index (κ1) is 21.7. The van der Waals surface area contributed by atoms with Crippen LogP contribution in [0.4, 0.5) is 5.69 Å². The lowest BCUT2D eigenvalue weighted by Crippen LogP contribution is -2.12. The van der Waals surface area contributed by atoms with Gasteiger partial charge in [0, 0.05) is 23.6 Å². The molecule has 2 aromatic carbocycles. The summed E-state index contributed by atoms with van der Waals surface area (Å²) in [5, 5.41) is 4.84. The van der Waals surface area contributed by atoms with Crippen LogP contribution in [-0.4, -0.2) is 23.4 Å². The molecule has 1 N–H and O–H groups in total. The SMILES string of the molecule is CC(=O)Nc1ccc(-c2c[n+]3ccsc3n2C)cc1.Cc1ccc(S(=O)(=O)[O-])cc1. The van der Waals surface area contributed by atoms with Crippen LogP contribution in [0, 0.1) is 6.92 Å². The molecule has 0 aliphatic heterocycles. The first-order chi connectivity index (χ1) is 14.1. The molecular formula is C21H21N3O4S2. The number of thiazole rings is 1. The summed E-state index contributed by atoms with van der Waals surface area (Å²) in [6.45, 7) is 3.33. The van der Waals surface area contributed by atoms with Crippen molar-refractivity contribution in [1.82, 2.24) is 4.57 Å². The highest BCUT2D eigenvalue weighted by molar-refractivity contribution is 7.85. The minimum absolute atomic E-state index is 0.0531. The van der Waals surface area contributed by atoms with E-state index in [-0.39, 0.29) is 10.8 Å². The van der Waals surface area contributed by atoms with Crippen molar-refractivity contribution in [1.29, 1.82) is 0 Å². The van der Waals surface area contributed by atoms with E-state index in [9.17, 15) is 17.8 Å². The van der Waals surface area contributed by atoms with Crippen molar-refractivity contribution in [3.8, 4) is 11.3 Å². The Morgan fingerprint density at radius 1 is 1.10 bits per heavy atom. The Balaban J connectivity index is 0.000000199. The highest BCUT2D eigenvalue weighted by Gasteiger charge is 2.16. The lowest BCUT2D eigenvalue weighted by molar-refractivity contribution is -0.505. The van der Waals surface area contributed by atoms with E-state index in [2.05, 4.69) is 39.1 Å². The number of aromatic nitrogens is 2. The van der Waals surface area contributed by atoms with Crippen LogP contribution >= 0.6 is 11.3 Å². The largest absolute Gasteiger partial charge is 0.744 e. The third-order valence-corrected chi connectivity index (χ3v) is 6.14. The van der Waals surface area contributed by atoms with Crippen molar-refractivity contribution in [3.63, 3.8) is 0 Å². The van der Waals surface area contributed by atoms with Gasteiger partial charge in [0.25, 0.3) is 0 Å². The molecule has 4 aromatic rings. The van der Waals surface area contributed by atoms with Crippen LogP contribution in [0.1, 0.15) is 12.5 Å². The van der Waals surface area contributed by atoms with E-state index in [0.717, 1.165) is 22.5 Å². The van der Waals surface area contributed by atoms with Gasteiger partial charge in [-0.2, -0.15) is 4.40 Å². The third-order valence-electron chi connectivity index (χ3n) is 4.34. The fourth-order valence-corrected chi connectivity index (χ4v) is 4.13. The summed E-state index contributed by atoms with van der Waals surface area (Å²) < 4.78 is 35.4. The van der Waals surface area contributed by atoms with Gasteiger partial charge in [0.1, 0.15) is 22.5 Å². The minimum atomic E-state index is -4.27. The van der Waals surface area contributed by atoms with Gasteiger partial charge in [0.2, 0.25) is 5.91 Å². The maximum absolute atomic E-state index is 11.0. The Kier molecular flexibility index (Phi) is 6.35. The highest BCUT2D eigenvalue weighted by Crippen LogP contribution is 2.23. The van der Waals surface area contributed by atoms with Gasteiger partial charge in [-0.05, 0) is 43.3 Å². The number of benzene rings is 2. The van der Waals surface area contributed by atoms with Gasteiger partial charge in [-0.3, -0.25) is 4.79 Å². The number of nitrogens with zero attached hydrogens (tertiary/aromatic N) is 2. The smallest absolute Gasteiger partial charge is 0.345 e. The Morgan fingerprint density at radius 2 is 1.73 bits per heavy atom. The van der Waals surface area contributed by atoms with Gasteiger partial charge in [-0.15, -0.1) is 0 Å². The van der Waals surface area contributed by atoms with Crippen molar-refractivity contribution < 1.29 is 22.2 Å². The quantitative estimate of drug-likeness (QED) is 0.388. The number of amides is 1. The van der Waals surface area contributed by atoms with Crippen LogP contribution in [0.25, 0.3) is 16.2 Å². The summed E-state index contributed by atoms with van der Waals surface area (Å²) in [4.78, 5) is 12.0. The average molecular weight is 444 g/mol. The second-order valence-corrected chi connectivity index (χ2v) is 8.94. The molecule has 0 fully saturated rings. The Labute approximate surface area is 179 Å².